The summed E-state index contributed by atoms with van der Waals surface area (Å²) < 4.78 is 0. The number of carbonyl (C=O) groups is 11. The monoisotopic (exact) mass is 1310 g/mol. The number of aromatic amines is 1. The van der Waals surface area contributed by atoms with Gasteiger partial charge in [-0.05, 0) is 75.3 Å². The lowest BCUT2D eigenvalue weighted by Gasteiger charge is -2.29. The number of unbranched alkanes of at least 4 members (excludes halogenated alkanes) is 1. The second-order valence-electron chi connectivity index (χ2n) is 21.8. The molecule has 0 unspecified atom stereocenters. The van der Waals surface area contributed by atoms with Gasteiger partial charge in [-0.1, -0.05) is 100 Å². The molecule has 16 N–H and O–H groups in total. The van der Waals surface area contributed by atoms with E-state index in [0.717, 1.165) is 57.4 Å². The number of likely N-dealkylation sites (tertiary alicyclic amines) is 1. The number of carboxylic acids is 3. The Labute approximate surface area is 532 Å². The Morgan fingerprint density at radius 2 is 1.29 bits per heavy atom. The number of rotatable bonds is 22. The third-order valence-electron chi connectivity index (χ3n) is 14.4. The Morgan fingerprint density at radius 3 is 1.82 bits per heavy atom. The van der Waals surface area contributed by atoms with Crippen molar-refractivity contribution in [2.24, 2.45) is 11.5 Å². The van der Waals surface area contributed by atoms with Crippen molar-refractivity contribution < 1.29 is 88.5 Å². The fraction of sp³-hybridized carbons (Fsp3) is 0.483. The number of nitrogens with one attached hydrogen (secondary N) is 8. The first-order valence-corrected chi connectivity index (χ1v) is 31.6. The SMILES string of the molecule is CN1CCCC1=O.C[C@@H](O)[C@@H]1NC(=O)[C@H](CCCCN)NC(=O)[C@@H](Cc2c[nH]c3ccccc23)NC(=O)[C@H](Cc2ccccc2)NC(=O)[C@@H](NC(=O)[C@H](N)Cc2ccccc2)CSSC[C@@H](C(=O)N[C@H](CO)[C@@H](C)O)NC1=O.O=C([O-])CC(O)(CC(=O)[O-])C(=O)[O-]. The summed E-state index contributed by atoms with van der Waals surface area (Å²) in [5, 5.41) is 89.4. The molecule has 2 aliphatic rings. The number of carbonyl (C=O) groups excluding carboxylic acids is 11. The smallest absolute Gasteiger partial charge is 0.245 e. The van der Waals surface area contributed by atoms with Crippen molar-refractivity contribution in [2.45, 2.75) is 144 Å². The number of aliphatic hydroxyl groups is 4. The van der Waals surface area contributed by atoms with E-state index < -0.39 is 145 Å². The summed E-state index contributed by atoms with van der Waals surface area (Å²) in [7, 11) is 3.90. The van der Waals surface area contributed by atoms with Crippen molar-refractivity contribution in [3.05, 3.63) is 108 Å². The van der Waals surface area contributed by atoms with Crippen molar-refractivity contribution in [3.8, 4) is 0 Å². The van der Waals surface area contributed by atoms with E-state index in [1.165, 1.54) is 13.8 Å². The summed E-state index contributed by atoms with van der Waals surface area (Å²) in [6.07, 6.45) is -1.06. The lowest BCUT2D eigenvalue weighted by Crippen LogP contribution is -2.62. The number of benzene rings is 3. The number of amides is 8. The van der Waals surface area contributed by atoms with Gasteiger partial charge in [0.1, 0.15) is 41.9 Å². The molecule has 0 spiro atoms. The molecule has 498 valence electrons. The van der Waals surface area contributed by atoms with Crippen LogP contribution in [0, 0.1) is 0 Å². The zero-order valence-electron chi connectivity index (χ0n) is 50.5. The van der Waals surface area contributed by atoms with Gasteiger partial charge in [-0.2, -0.15) is 0 Å². The van der Waals surface area contributed by atoms with Gasteiger partial charge < -0.3 is 109 Å². The lowest BCUT2D eigenvalue weighted by molar-refractivity contribution is -0.339. The lowest BCUT2D eigenvalue weighted by atomic mass is 9.96. The summed E-state index contributed by atoms with van der Waals surface area (Å²) in [6, 6.07) is 14.6. The highest BCUT2D eigenvalue weighted by atomic mass is 33.1. The Kier molecular flexibility index (Phi) is 31.3. The van der Waals surface area contributed by atoms with E-state index in [1.807, 2.05) is 37.4 Å². The molecule has 6 rings (SSSR count). The molecule has 2 fully saturated rings. The summed E-state index contributed by atoms with van der Waals surface area (Å²) in [6.45, 7) is 3.18. The topological polar surface area (TPSA) is 493 Å². The number of nitrogens with two attached hydrogens (primary N) is 2. The number of aromatic nitrogens is 1. The first kappa shape index (κ1) is 75.3. The number of hydrogen-bond acceptors (Lipinski definition) is 22. The number of fused-ring (bicyclic) bond motifs is 1. The molecule has 31 heteroatoms. The van der Waals surface area contributed by atoms with Gasteiger partial charge in [-0.15, -0.1) is 0 Å². The predicted molar refractivity (Wildman–Crippen MR) is 328 cm³/mol. The molecule has 2 aliphatic heterocycles. The molecule has 8 amide bonds. The van der Waals surface area contributed by atoms with Crippen LogP contribution in [-0.4, -0.2) is 200 Å². The highest BCUT2D eigenvalue weighted by Crippen LogP contribution is 2.25. The van der Waals surface area contributed by atoms with Crippen LogP contribution in [0.3, 0.4) is 0 Å². The van der Waals surface area contributed by atoms with Crippen molar-refractivity contribution in [2.75, 3.05) is 38.2 Å². The molecule has 3 heterocycles. The molecule has 0 radical (unpaired) electrons. The molecule has 3 aromatic carbocycles. The molecule has 0 saturated carbocycles. The summed E-state index contributed by atoms with van der Waals surface area (Å²) >= 11 is 0. The van der Waals surface area contributed by atoms with Gasteiger partial charge in [0.05, 0.1) is 36.9 Å². The third-order valence-corrected chi connectivity index (χ3v) is 16.8. The Bertz CT molecular complexity index is 3070. The molecule has 1 aromatic heterocycles. The molecular formula is C60H80N11O18S2-3. The molecular weight excluding hydrogens is 1230 g/mol. The number of H-pyrrole nitrogens is 1. The van der Waals surface area contributed by atoms with E-state index in [2.05, 4.69) is 42.2 Å². The van der Waals surface area contributed by atoms with Gasteiger partial charge in [0.15, 0.2) is 0 Å². The van der Waals surface area contributed by atoms with Crippen LogP contribution in [0.25, 0.3) is 10.9 Å². The van der Waals surface area contributed by atoms with Crippen LogP contribution in [0.2, 0.25) is 0 Å². The molecule has 2 saturated heterocycles. The van der Waals surface area contributed by atoms with Crippen molar-refractivity contribution in [3.63, 3.8) is 0 Å². The Hall–Kier alpha value is -8.17. The number of aliphatic carboxylic acids is 3. The van der Waals surface area contributed by atoms with Crippen molar-refractivity contribution in [1.82, 2.24) is 47.1 Å². The Morgan fingerprint density at radius 1 is 0.725 bits per heavy atom. The quantitative estimate of drug-likeness (QED) is 0.0257. The molecule has 0 bridgehead atoms. The van der Waals surface area contributed by atoms with E-state index in [1.54, 1.807) is 65.7 Å². The fourth-order valence-corrected chi connectivity index (χ4v) is 11.5. The Balaban J connectivity index is 0.000000750. The number of hydrogen-bond donors (Lipinski definition) is 14. The largest absolute Gasteiger partial charge is 0.550 e. The summed E-state index contributed by atoms with van der Waals surface area (Å²) in [5.74, 6) is -11.7. The number of para-hydroxylation sites is 1. The van der Waals surface area contributed by atoms with Crippen molar-refractivity contribution in [1.29, 1.82) is 0 Å². The average Bonchev–Trinajstić information content (AvgIpc) is 1.90. The van der Waals surface area contributed by atoms with E-state index in [9.17, 15) is 83.4 Å². The van der Waals surface area contributed by atoms with Gasteiger partial charge in [0, 0.05) is 86.2 Å². The van der Waals surface area contributed by atoms with Crippen LogP contribution in [-0.2, 0) is 72.0 Å². The van der Waals surface area contributed by atoms with Crippen LogP contribution in [0.1, 0.15) is 75.5 Å². The average molecular weight is 1310 g/mol. The molecule has 0 aliphatic carbocycles. The molecule has 4 aromatic rings. The first-order valence-electron chi connectivity index (χ1n) is 29.2. The maximum Gasteiger partial charge on any atom is 0.245 e. The summed E-state index contributed by atoms with van der Waals surface area (Å²) in [4.78, 5) is 145. The zero-order chi connectivity index (χ0) is 67.4. The maximum absolute atomic E-state index is 14.7. The number of aliphatic hydroxyl groups excluding tert-OH is 3. The van der Waals surface area contributed by atoms with Crippen molar-refractivity contribution >= 4 is 97.7 Å². The number of nitrogens with zero attached hydrogens (tertiary/aromatic N) is 1. The zero-order valence-corrected chi connectivity index (χ0v) is 52.1. The normalized spacial score (nSPS) is 21.0. The minimum atomic E-state index is -2.97. The third kappa shape index (κ3) is 25.2. The van der Waals surface area contributed by atoms with E-state index in [4.69, 9.17) is 16.6 Å². The maximum atomic E-state index is 14.7. The predicted octanol–water partition coefficient (Wildman–Crippen LogP) is -5.82. The second-order valence-corrected chi connectivity index (χ2v) is 24.4. The fourth-order valence-electron chi connectivity index (χ4n) is 9.20. The van der Waals surface area contributed by atoms with Gasteiger partial charge >= 0.3 is 0 Å². The highest BCUT2D eigenvalue weighted by molar-refractivity contribution is 8.76. The van der Waals surface area contributed by atoms with Crippen LogP contribution in [0.5, 0.6) is 0 Å². The van der Waals surface area contributed by atoms with E-state index in [-0.39, 0.29) is 43.7 Å². The van der Waals surface area contributed by atoms with Crippen LogP contribution >= 0.6 is 21.6 Å². The van der Waals surface area contributed by atoms with Gasteiger partial charge in [0.25, 0.3) is 0 Å². The highest BCUT2D eigenvalue weighted by Gasteiger charge is 2.37. The van der Waals surface area contributed by atoms with Gasteiger partial charge in [-0.3, -0.25) is 38.4 Å². The molecule has 10 atom stereocenters. The molecule has 91 heavy (non-hydrogen) atoms. The molecule has 29 nitrogen and oxygen atoms in total. The minimum Gasteiger partial charge on any atom is -0.550 e. The minimum absolute atomic E-state index is 0.0340. The number of carboxylic acid groups (broad SMARTS) is 3. The second kappa shape index (κ2) is 37.9. The van der Waals surface area contributed by atoms with Crippen LogP contribution < -0.4 is 64.0 Å². The van der Waals surface area contributed by atoms with E-state index in [0.29, 0.717) is 29.9 Å². The van der Waals surface area contributed by atoms with Gasteiger partial charge in [0.2, 0.25) is 47.3 Å². The standard InChI is InChI=1S/C49H66N10O10S2.C6H8O7.C5H9NO/c1-28(61)39(25-60)56-48(68)41-27-71-70-26-40(57-43(63)34(51)21-30-13-5-3-6-14-30)47(67)54-37(22-31-15-7-4-8-16-31)45(65)55-38(23-32-24-52-35-18-10-9-17-33(32)35)46(66)53-36(19-11-12-20-50)44(64)59-42(29(2)62)49(69)58-41;7-3(8)1-6(13,5(11)12)2-4(9)10;1-6-4-2-3-5(6)7/h3-10,13-18,24,28-29,34,36-42,52,60-62H,11-12,19-23,25-27,50-51H2,1-2H3,(H,53,66)(H,54,67)(H,55,65)(H,56,68)(H,57,63)(H,58,69)(H,59,64);13H,1-2H2,(H,7,8)(H,9,10)(H,11,12);2-4H2,1H3/p-3/t28-,29-,34-,36+,37+,38-,39-,40+,41+,42+;;/m1../s1. The summed E-state index contributed by atoms with van der Waals surface area (Å²) in [5.41, 5.74) is 12.0. The van der Waals surface area contributed by atoms with Gasteiger partial charge in [-0.25, -0.2) is 0 Å². The van der Waals surface area contributed by atoms with Crippen LogP contribution in [0.15, 0.2) is 91.1 Å². The van der Waals surface area contributed by atoms with E-state index >= 15 is 0 Å². The first-order chi connectivity index (χ1) is 43.2. The van der Waals surface area contributed by atoms with Crippen LogP contribution in [0.4, 0.5) is 0 Å².